The Kier molecular flexibility index (Phi) is 5.68. The van der Waals surface area contributed by atoms with Gasteiger partial charge in [-0.15, -0.1) is 0 Å². The van der Waals surface area contributed by atoms with E-state index in [0.717, 1.165) is 37.4 Å². The number of hydrogen-bond acceptors (Lipinski definition) is 5. The average molecular weight is 332 g/mol. The van der Waals surface area contributed by atoms with Gasteiger partial charge >= 0.3 is 0 Å². The lowest BCUT2D eigenvalue weighted by Gasteiger charge is -2.27. The molecule has 2 aliphatic rings. The van der Waals surface area contributed by atoms with E-state index in [9.17, 15) is 4.79 Å². The Bertz CT molecular complexity index is 542. The number of likely N-dealkylation sites (N-methyl/N-ethyl adjacent to an activating group) is 1. The molecule has 2 fully saturated rings. The van der Waals surface area contributed by atoms with Crippen molar-refractivity contribution in [3.05, 3.63) is 23.9 Å². The maximum atomic E-state index is 12.4. The van der Waals surface area contributed by atoms with Gasteiger partial charge in [0, 0.05) is 39.5 Å². The van der Waals surface area contributed by atoms with Gasteiger partial charge in [0.15, 0.2) is 0 Å². The molecule has 2 atom stereocenters. The Labute approximate surface area is 144 Å². The standard InChI is InChI=1S/C18H28N4O2/c1-21-13-15(24-2)10-16(21)18(23)20-12-14-6-7-17(19-11-14)22-8-4-3-5-9-22/h6-7,11,15-16H,3-5,8-10,12-13H2,1-2H3,(H,20,23)/t15-,16-/m0/s1. The fourth-order valence-corrected chi connectivity index (χ4v) is 3.57. The van der Waals surface area contributed by atoms with Crippen LogP contribution >= 0.6 is 0 Å². The number of likely N-dealkylation sites (tertiary alicyclic amines) is 1. The Hall–Kier alpha value is -1.66. The number of carbonyl (C=O) groups excluding carboxylic acids is 1. The molecule has 1 amide bonds. The number of nitrogens with zero attached hydrogens (tertiary/aromatic N) is 3. The topological polar surface area (TPSA) is 57.7 Å². The normalized spacial score (nSPS) is 25.0. The molecule has 3 heterocycles. The average Bonchev–Trinajstić information content (AvgIpc) is 3.02. The summed E-state index contributed by atoms with van der Waals surface area (Å²) < 4.78 is 5.36. The van der Waals surface area contributed by atoms with E-state index >= 15 is 0 Å². The van der Waals surface area contributed by atoms with Crippen molar-refractivity contribution in [1.29, 1.82) is 0 Å². The highest BCUT2D eigenvalue weighted by atomic mass is 16.5. The zero-order valence-electron chi connectivity index (χ0n) is 14.7. The van der Waals surface area contributed by atoms with Crippen molar-refractivity contribution in [3.8, 4) is 0 Å². The van der Waals surface area contributed by atoms with E-state index in [1.807, 2.05) is 13.2 Å². The largest absolute Gasteiger partial charge is 0.380 e. The van der Waals surface area contributed by atoms with Crippen molar-refractivity contribution in [2.24, 2.45) is 0 Å². The molecule has 0 unspecified atom stereocenters. The summed E-state index contributed by atoms with van der Waals surface area (Å²) in [5.74, 6) is 1.11. The Morgan fingerprint density at radius 1 is 1.33 bits per heavy atom. The van der Waals surface area contributed by atoms with Gasteiger partial charge in [-0.1, -0.05) is 6.07 Å². The van der Waals surface area contributed by atoms with Crippen molar-refractivity contribution >= 4 is 11.7 Å². The van der Waals surface area contributed by atoms with Crippen LogP contribution in [0.4, 0.5) is 5.82 Å². The number of hydrogen-bond donors (Lipinski definition) is 1. The molecule has 1 aromatic heterocycles. The third-order valence-corrected chi connectivity index (χ3v) is 5.10. The highest BCUT2D eigenvalue weighted by Gasteiger charge is 2.34. The molecule has 3 rings (SSSR count). The molecule has 132 valence electrons. The first kappa shape index (κ1) is 17.2. The van der Waals surface area contributed by atoms with E-state index in [-0.39, 0.29) is 18.1 Å². The highest BCUT2D eigenvalue weighted by molar-refractivity contribution is 5.82. The third-order valence-electron chi connectivity index (χ3n) is 5.10. The predicted molar refractivity (Wildman–Crippen MR) is 94.0 cm³/mol. The van der Waals surface area contributed by atoms with E-state index in [1.165, 1.54) is 19.3 Å². The summed E-state index contributed by atoms with van der Waals surface area (Å²) in [5.41, 5.74) is 1.04. The lowest BCUT2D eigenvalue weighted by atomic mass is 10.1. The van der Waals surface area contributed by atoms with E-state index in [4.69, 9.17) is 4.74 Å². The van der Waals surface area contributed by atoms with E-state index < -0.39 is 0 Å². The second kappa shape index (κ2) is 7.94. The van der Waals surface area contributed by atoms with Gasteiger partial charge in [-0.3, -0.25) is 9.69 Å². The molecule has 0 aromatic carbocycles. The highest BCUT2D eigenvalue weighted by Crippen LogP contribution is 2.19. The first-order valence-corrected chi connectivity index (χ1v) is 8.88. The maximum absolute atomic E-state index is 12.4. The third kappa shape index (κ3) is 4.05. The van der Waals surface area contributed by atoms with Crippen LogP contribution in [0.1, 0.15) is 31.2 Å². The monoisotopic (exact) mass is 332 g/mol. The molecule has 0 bridgehead atoms. The quantitative estimate of drug-likeness (QED) is 0.883. The summed E-state index contributed by atoms with van der Waals surface area (Å²) in [6, 6.07) is 4.03. The van der Waals surface area contributed by atoms with Gasteiger partial charge in [0.25, 0.3) is 0 Å². The number of amides is 1. The lowest BCUT2D eigenvalue weighted by Crippen LogP contribution is -2.41. The number of nitrogens with one attached hydrogen (secondary N) is 1. The van der Waals surface area contributed by atoms with Gasteiger partial charge in [-0.25, -0.2) is 4.98 Å². The molecule has 1 N–H and O–H groups in total. The summed E-state index contributed by atoms with van der Waals surface area (Å²) in [4.78, 5) is 21.3. The van der Waals surface area contributed by atoms with Gasteiger partial charge < -0.3 is 15.0 Å². The van der Waals surface area contributed by atoms with Gasteiger partial charge in [-0.2, -0.15) is 0 Å². The molecule has 2 saturated heterocycles. The minimum absolute atomic E-state index is 0.0668. The van der Waals surface area contributed by atoms with Gasteiger partial charge in [0.2, 0.25) is 5.91 Å². The molecule has 24 heavy (non-hydrogen) atoms. The maximum Gasteiger partial charge on any atom is 0.237 e. The van der Waals surface area contributed by atoms with Crippen molar-refractivity contribution < 1.29 is 9.53 Å². The van der Waals surface area contributed by atoms with Gasteiger partial charge in [-0.05, 0) is 44.4 Å². The molecular formula is C18H28N4O2. The van der Waals surface area contributed by atoms with Crippen LogP contribution < -0.4 is 10.2 Å². The number of carbonyl (C=O) groups is 1. The summed E-state index contributed by atoms with van der Waals surface area (Å²) in [5, 5.41) is 3.03. The fourth-order valence-electron chi connectivity index (χ4n) is 3.57. The number of anilines is 1. The Morgan fingerprint density at radius 2 is 2.12 bits per heavy atom. The Balaban J connectivity index is 1.50. The molecule has 2 aliphatic heterocycles. The van der Waals surface area contributed by atoms with Crippen LogP contribution in [0.2, 0.25) is 0 Å². The Morgan fingerprint density at radius 3 is 2.75 bits per heavy atom. The van der Waals surface area contributed by atoms with Gasteiger partial charge in [0.05, 0.1) is 12.1 Å². The molecule has 0 aliphatic carbocycles. The van der Waals surface area contributed by atoms with Crippen molar-refractivity contribution in [1.82, 2.24) is 15.2 Å². The van der Waals surface area contributed by atoms with E-state index in [1.54, 1.807) is 7.11 Å². The summed E-state index contributed by atoms with van der Waals surface area (Å²) >= 11 is 0. The van der Waals surface area contributed by atoms with Crippen LogP contribution in [-0.2, 0) is 16.1 Å². The minimum atomic E-state index is -0.101. The van der Waals surface area contributed by atoms with Crippen molar-refractivity contribution in [2.75, 3.05) is 38.7 Å². The summed E-state index contributed by atoms with van der Waals surface area (Å²) in [6.07, 6.45) is 6.59. The molecular weight excluding hydrogens is 304 g/mol. The molecule has 0 spiro atoms. The van der Waals surface area contributed by atoms with E-state index in [2.05, 4.69) is 32.2 Å². The smallest absolute Gasteiger partial charge is 0.237 e. The number of rotatable bonds is 5. The van der Waals surface area contributed by atoms with Crippen LogP contribution in [0.15, 0.2) is 18.3 Å². The molecule has 6 nitrogen and oxygen atoms in total. The van der Waals surface area contributed by atoms with Crippen LogP contribution in [0.25, 0.3) is 0 Å². The SMILES string of the molecule is CO[C@H]1C[C@@H](C(=O)NCc2ccc(N3CCCCC3)nc2)N(C)C1. The van der Waals surface area contributed by atoms with Crippen LogP contribution in [0, 0.1) is 0 Å². The second-order valence-corrected chi connectivity index (χ2v) is 6.84. The number of ether oxygens (including phenoxy) is 1. The fraction of sp³-hybridized carbons (Fsp3) is 0.667. The number of methoxy groups -OCH3 is 1. The number of piperidine rings is 1. The van der Waals surface area contributed by atoms with Crippen molar-refractivity contribution in [2.45, 2.75) is 44.4 Å². The van der Waals surface area contributed by atoms with Gasteiger partial charge in [0.1, 0.15) is 5.82 Å². The van der Waals surface area contributed by atoms with E-state index in [0.29, 0.717) is 6.54 Å². The summed E-state index contributed by atoms with van der Waals surface area (Å²) in [6.45, 7) is 3.52. The number of pyridine rings is 1. The van der Waals surface area contributed by atoms with Crippen molar-refractivity contribution in [3.63, 3.8) is 0 Å². The molecule has 0 radical (unpaired) electrons. The predicted octanol–water partition coefficient (Wildman–Crippen LogP) is 1.41. The van der Waals surface area contributed by atoms with Crippen LogP contribution in [0.3, 0.4) is 0 Å². The summed E-state index contributed by atoms with van der Waals surface area (Å²) in [7, 11) is 3.67. The molecule has 0 saturated carbocycles. The van der Waals surface area contributed by atoms with Crippen LogP contribution in [-0.4, -0.2) is 61.7 Å². The van der Waals surface area contributed by atoms with Crippen LogP contribution in [0.5, 0.6) is 0 Å². The number of aromatic nitrogens is 1. The molecule has 1 aromatic rings. The molecule has 6 heteroatoms. The lowest BCUT2D eigenvalue weighted by molar-refractivity contribution is -0.125. The zero-order chi connectivity index (χ0) is 16.9. The minimum Gasteiger partial charge on any atom is -0.380 e. The second-order valence-electron chi connectivity index (χ2n) is 6.84. The first-order valence-electron chi connectivity index (χ1n) is 8.88. The zero-order valence-corrected chi connectivity index (χ0v) is 14.7. The first-order chi connectivity index (χ1) is 11.7.